The maximum atomic E-state index is 12.6. The second-order valence-corrected chi connectivity index (χ2v) is 8.55. The van der Waals surface area contributed by atoms with Gasteiger partial charge in [-0.15, -0.1) is 0 Å². The van der Waals surface area contributed by atoms with Gasteiger partial charge in [-0.05, 0) is 55.4 Å². The van der Waals surface area contributed by atoms with Crippen LogP contribution in [0.4, 0.5) is 0 Å². The van der Waals surface area contributed by atoms with Crippen LogP contribution in [0, 0.1) is 6.92 Å². The highest BCUT2D eigenvalue weighted by Crippen LogP contribution is 2.28. The molecule has 0 aliphatic carbocycles. The van der Waals surface area contributed by atoms with E-state index in [1.165, 1.54) is 5.56 Å². The lowest BCUT2D eigenvalue weighted by molar-refractivity contribution is 0.0949. The number of rotatable bonds is 8. The fourth-order valence-electron chi connectivity index (χ4n) is 4.00. The van der Waals surface area contributed by atoms with E-state index in [2.05, 4.69) is 64.8 Å². The lowest BCUT2D eigenvalue weighted by atomic mass is 10.0. The van der Waals surface area contributed by atoms with Gasteiger partial charge < -0.3 is 10.2 Å². The molecule has 2 heterocycles. The Morgan fingerprint density at radius 3 is 2.55 bits per heavy atom. The normalized spacial score (nSPS) is 11.3. The largest absolute Gasteiger partial charge is 0.351 e. The molecule has 0 aliphatic heterocycles. The number of nitrogens with zero attached hydrogens (tertiary/aromatic N) is 3. The summed E-state index contributed by atoms with van der Waals surface area (Å²) in [5.74, 6) is 0.747. The van der Waals surface area contributed by atoms with Crippen LogP contribution in [-0.4, -0.2) is 46.4 Å². The number of pyridine rings is 1. The number of hydrogen-bond donors (Lipinski definition) is 1. The Labute approximate surface area is 200 Å². The smallest absolute Gasteiger partial charge is 0.252 e. The molecule has 6 heteroatoms. The summed E-state index contributed by atoms with van der Waals surface area (Å²) in [4.78, 5) is 19.5. The number of imidazole rings is 1. The molecule has 0 aliphatic rings. The van der Waals surface area contributed by atoms with Gasteiger partial charge in [0.25, 0.3) is 5.91 Å². The Balaban J connectivity index is 1.57. The van der Waals surface area contributed by atoms with E-state index < -0.39 is 0 Å². The minimum atomic E-state index is -0.148. The van der Waals surface area contributed by atoms with Crippen molar-refractivity contribution in [3.63, 3.8) is 0 Å². The van der Waals surface area contributed by atoms with Crippen molar-refractivity contribution in [2.45, 2.75) is 20.8 Å². The number of carbonyl (C=O) groups excluding carboxylic acids is 1. The molecule has 0 unspecified atom stereocenters. The first-order valence-electron chi connectivity index (χ1n) is 11.3. The third kappa shape index (κ3) is 5.10. The molecule has 33 heavy (non-hydrogen) atoms. The van der Waals surface area contributed by atoms with Crippen molar-refractivity contribution in [1.82, 2.24) is 19.6 Å². The number of fused-ring (bicyclic) bond motifs is 1. The minimum absolute atomic E-state index is 0.148. The van der Waals surface area contributed by atoms with Crippen molar-refractivity contribution in [3.8, 4) is 22.5 Å². The minimum Gasteiger partial charge on any atom is -0.351 e. The highest BCUT2D eigenvalue weighted by Gasteiger charge is 2.13. The number of aromatic nitrogens is 2. The third-order valence-corrected chi connectivity index (χ3v) is 6.27. The molecule has 0 spiro atoms. The predicted molar refractivity (Wildman–Crippen MR) is 136 cm³/mol. The van der Waals surface area contributed by atoms with Crippen molar-refractivity contribution < 1.29 is 4.79 Å². The van der Waals surface area contributed by atoms with Crippen LogP contribution in [0.3, 0.4) is 0 Å². The Kier molecular flexibility index (Phi) is 7.11. The molecular formula is C27H29ClN4O. The molecule has 2 aromatic heterocycles. The van der Waals surface area contributed by atoms with Gasteiger partial charge in [-0.1, -0.05) is 61.3 Å². The van der Waals surface area contributed by atoms with E-state index in [-0.39, 0.29) is 5.91 Å². The van der Waals surface area contributed by atoms with Crippen LogP contribution in [0.1, 0.15) is 29.8 Å². The van der Waals surface area contributed by atoms with E-state index in [1.54, 1.807) is 6.07 Å². The first-order valence-corrected chi connectivity index (χ1v) is 11.7. The molecule has 0 saturated carbocycles. The molecule has 5 nitrogen and oxygen atoms in total. The van der Waals surface area contributed by atoms with Crippen molar-refractivity contribution in [1.29, 1.82) is 0 Å². The van der Waals surface area contributed by atoms with Crippen LogP contribution in [-0.2, 0) is 0 Å². The van der Waals surface area contributed by atoms with Crippen LogP contribution < -0.4 is 5.32 Å². The third-order valence-electron chi connectivity index (χ3n) is 5.96. The van der Waals surface area contributed by atoms with E-state index in [0.717, 1.165) is 47.7 Å². The summed E-state index contributed by atoms with van der Waals surface area (Å²) in [6.07, 6.45) is 3.94. The number of nitrogens with one attached hydrogen (secondary N) is 1. The Morgan fingerprint density at radius 1 is 1.03 bits per heavy atom. The van der Waals surface area contributed by atoms with Crippen molar-refractivity contribution in [2.75, 3.05) is 26.2 Å². The molecule has 170 valence electrons. The highest BCUT2D eigenvalue weighted by atomic mass is 35.5. The van der Waals surface area contributed by atoms with Gasteiger partial charge in [0.2, 0.25) is 0 Å². The van der Waals surface area contributed by atoms with Gasteiger partial charge in [0, 0.05) is 24.8 Å². The summed E-state index contributed by atoms with van der Waals surface area (Å²) >= 11 is 6.52. The number of hydrogen-bond acceptors (Lipinski definition) is 3. The van der Waals surface area contributed by atoms with Gasteiger partial charge in [-0.25, -0.2) is 4.98 Å². The van der Waals surface area contributed by atoms with Crippen LogP contribution in [0.15, 0.2) is 67.0 Å². The zero-order chi connectivity index (χ0) is 23.4. The zero-order valence-corrected chi connectivity index (χ0v) is 20.1. The maximum Gasteiger partial charge on any atom is 0.252 e. The van der Waals surface area contributed by atoms with Gasteiger partial charge >= 0.3 is 0 Å². The average molecular weight is 461 g/mol. The summed E-state index contributed by atoms with van der Waals surface area (Å²) in [6, 6.07) is 18.0. The topological polar surface area (TPSA) is 49.6 Å². The molecule has 4 aromatic rings. The average Bonchev–Trinajstić information content (AvgIpc) is 3.25. The fourth-order valence-corrected chi connectivity index (χ4v) is 4.27. The molecule has 2 aromatic carbocycles. The van der Waals surface area contributed by atoms with Gasteiger partial charge in [0.1, 0.15) is 5.82 Å². The van der Waals surface area contributed by atoms with Gasteiger partial charge in [0.05, 0.1) is 22.3 Å². The maximum absolute atomic E-state index is 12.6. The van der Waals surface area contributed by atoms with Crippen LogP contribution in [0.2, 0.25) is 5.02 Å². The van der Waals surface area contributed by atoms with Crippen LogP contribution in [0.25, 0.3) is 28.0 Å². The monoisotopic (exact) mass is 460 g/mol. The summed E-state index contributed by atoms with van der Waals surface area (Å²) in [7, 11) is 0. The molecule has 0 radical (unpaired) electrons. The second kappa shape index (κ2) is 10.2. The van der Waals surface area contributed by atoms with Crippen molar-refractivity contribution in [3.05, 3.63) is 83.1 Å². The first-order chi connectivity index (χ1) is 16.0. The highest BCUT2D eigenvalue weighted by molar-refractivity contribution is 6.34. The van der Waals surface area contributed by atoms with Crippen molar-refractivity contribution in [2.24, 2.45) is 0 Å². The molecule has 4 rings (SSSR count). The SMILES string of the molecule is CCN(CC)CCNC(=O)c1ccc(-c2ccc3cnc(-c4cccc(C)c4)n3c2)cc1Cl. The Bertz CT molecular complexity index is 1280. The quantitative estimate of drug-likeness (QED) is 0.367. The van der Waals surface area contributed by atoms with E-state index in [0.29, 0.717) is 17.1 Å². The molecule has 0 bridgehead atoms. The van der Waals surface area contributed by atoms with E-state index in [1.807, 2.05) is 36.5 Å². The van der Waals surface area contributed by atoms with Crippen LogP contribution >= 0.6 is 11.6 Å². The van der Waals surface area contributed by atoms with Gasteiger partial charge in [0.15, 0.2) is 0 Å². The number of aryl methyl sites for hydroxylation is 1. The standard InChI is InChI=1S/C27H29ClN4O/c1-4-31(5-2)14-13-29-27(33)24-12-10-20(16-25(24)28)22-9-11-23-17-30-26(32(23)18-22)21-8-6-7-19(3)15-21/h6-12,15-18H,4-5,13-14H2,1-3H3,(H,29,33). The van der Waals surface area contributed by atoms with Crippen LogP contribution in [0.5, 0.6) is 0 Å². The molecule has 0 saturated heterocycles. The molecule has 1 amide bonds. The Morgan fingerprint density at radius 2 is 1.82 bits per heavy atom. The van der Waals surface area contributed by atoms with Gasteiger partial charge in [-0.2, -0.15) is 0 Å². The molecular weight excluding hydrogens is 432 g/mol. The number of benzene rings is 2. The summed E-state index contributed by atoms with van der Waals surface area (Å²) in [6.45, 7) is 9.66. The lowest BCUT2D eigenvalue weighted by Crippen LogP contribution is -2.34. The number of halogens is 1. The van der Waals surface area contributed by atoms with Gasteiger partial charge in [-0.3, -0.25) is 9.20 Å². The fraction of sp³-hybridized carbons (Fsp3) is 0.259. The summed E-state index contributed by atoms with van der Waals surface area (Å²) in [5.41, 5.74) is 5.73. The van der Waals surface area contributed by atoms with E-state index in [4.69, 9.17) is 11.6 Å². The van der Waals surface area contributed by atoms with E-state index >= 15 is 0 Å². The zero-order valence-electron chi connectivity index (χ0n) is 19.3. The molecule has 1 N–H and O–H groups in total. The Hall–Kier alpha value is -3.15. The second-order valence-electron chi connectivity index (χ2n) is 8.14. The molecule has 0 fully saturated rings. The predicted octanol–water partition coefficient (Wildman–Crippen LogP) is 5.70. The van der Waals surface area contributed by atoms with E-state index in [9.17, 15) is 4.79 Å². The lowest BCUT2D eigenvalue weighted by Gasteiger charge is -2.18. The molecule has 0 atom stereocenters. The number of likely N-dealkylation sites (N-methyl/N-ethyl adjacent to an activating group) is 1. The number of carbonyl (C=O) groups is 1. The first kappa shape index (κ1) is 23.0. The number of amides is 1. The summed E-state index contributed by atoms with van der Waals surface area (Å²) < 4.78 is 2.09. The summed E-state index contributed by atoms with van der Waals surface area (Å²) in [5, 5.41) is 3.41. The van der Waals surface area contributed by atoms with Crippen molar-refractivity contribution >= 4 is 23.0 Å².